The van der Waals surface area contributed by atoms with Gasteiger partial charge in [-0.05, 0) is 77.3 Å². The number of nitrogens with zero attached hydrogens (tertiary/aromatic N) is 1. The van der Waals surface area contributed by atoms with E-state index in [0.29, 0.717) is 6.54 Å². The average molecular weight is 716 g/mol. The molecular formula is C41H82NO6P. The molecule has 0 aliphatic rings. The van der Waals surface area contributed by atoms with E-state index in [4.69, 9.17) is 14.2 Å². The SMILES string of the molecule is CCCCCCCC/C=C\CCCCCCCCN(CCCCCCCC/C=C\CCCCCCCC)CCOP(=O)(O)OC[C@H](O)CO. The van der Waals surface area contributed by atoms with Gasteiger partial charge in [0.05, 0.1) is 19.8 Å². The summed E-state index contributed by atoms with van der Waals surface area (Å²) in [7, 11) is -4.25. The molecule has 0 aliphatic carbocycles. The predicted octanol–water partition coefficient (Wildman–Crippen LogP) is 11.9. The first kappa shape index (κ1) is 48.5. The van der Waals surface area contributed by atoms with Crippen LogP contribution in [-0.2, 0) is 13.6 Å². The lowest BCUT2D eigenvalue weighted by molar-refractivity contribution is 0.0349. The highest BCUT2D eigenvalue weighted by atomic mass is 31.2. The van der Waals surface area contributed by atoms with E-state index in [1.165, 1.54) is 167 Å². The number of aliphatic hydroxyl groups excluding tert-OH is 2. The summed E-state index contributed by atoms with van der Waals surface area (Å²) in [5.41, 5.74) is 0. The standard InChI is InChI=1S/C41H82NO6P/c1-3-5-7-9-11-13-15-17-19-21-23-25-27-29-31-33-35-42(37-38-47-49(45,46)48-40-41(44)39-43)36-34-32-30-28-26-24-22-20-18-16-14-12-10-8-6-4-2/h17-20,41,43-44H,3-16,21-40H2,1-2H3,(H,45,46)/b19-17-,20-18-/t41-/m1/s1. The molecule has 2 atom stereocenters. The highest BCUT2D eigenvalue weighted by Crippen LogP contribution is 2.43. The Kier molecular flexibility index (Phi) is 38.3. The van der Waals surface area contributed by atoms with Gasteiger partial charge in [-0.1, -0.05) is 154 Å². The van der Waals surface area contributed by atoms with Crippen LogP contribution in [0.25, 0.3) is 0 Å². The molecule has 0 saturated carbocycles. The molecule has 0 aromatic heterocycles. The van der Waals surface area contributed by atoms with Crippen LogP contribution in [0.2, 0.25) is 0 Å². The molecule has 0 radical (unpaired) electrons. The number of phosphoric acid groups is 1. The van der Waals surface area contributed by atoms with Crippen molar-refractivity contribution in [2.75, 3.05) is 39.5 Å². The topological polar surface area (TPSA) is 99.5 Å². The minimum Gasteiger partial charge on any atom is -0.394 e. The van der Waals surface area contributed by atoms with Gasteiger partial charge in [0, 0.05) is 6.54 Å². The Labute approximate surface area is 304 Å². The molecule has 0 heterocycles. The van der Waals surface area contributed by atoms with Crippen LogP contribution in [0.4, 0.5) is 0 Å². The number of phosphoric ester groups is 1. The largest absolute Gasteiger partial charge is 0.472 e. The van der Waals surface area contributed by atoms with Gasteiger partial charge in [0.15, 0.2) is 0 Å². The Morgan fingerprint density at radius 1 is 0.531 bits per heavy atom. The Bertz CT molecular complexity index is 722. The fourth-order valence-corrected chi connectivity index (χ4v) is 6.80. The second kappa shape index (κ2) is 38.7. The minimum absolute atomic E-state index is 0.0990. The molecule has 0 fully saturated rings. The van der Waals surface area contributed by atoms with Crippen molar-refractivity contribution in [1.82, 2.24) is 4.90 Å². The maximum atomic E-state index is 12.1. The van der Waals surface area contributed by atoms with Crippen molar-refractivity contribution in [2.24, 2.45) is 0 Å². The Morgan fingerprint density at radius 2 is 0.878 bits per heavy atom. The molecule has 49 heavy (non-hydrogen) atoms. The zero-order valence-corrected chi connectivity index (χ0v) is 33.3. The number of unbranched alkanes of at least 4 members (excludes halogenated alkanes) is 24. The van der Waals surface area contributed by atoms with Crippen LogP contribution in [-0.4, -0.2) is 65.6 Å². The van der Waals surface area contributed by atoms with Crippen LogP contribution >= 0.6 is 7.82 Å². The maximum Gasteiger partial charge on any atom is 0.472 e. The first-order valence-corrected chi connectivity index (χ1v) is 22.4. The van der Waals surface area contributed by atoms with Gasteiger partial charge in [-0.3, -0.25) is 9.05 Å². The van der Waals surface area contributed by atoms with Crippen molar-refractivity contribution in [3.05, 3.63) is 24.3 Å². The van der Waals surface area contributed by atoms with Crippen LogP contribution in [0.1, 0.15) is 194 Å². The van der Waals surface area contributed by atoms with Crippen molar-refractivity contribution in [2.45, 2.75) is 200 Å². The first-order valence-electron chi connectivity index (χ1n) is 20.9. The van der Waals surface area contributed by atoms with Crippen molar-refractivity contribution in [3.63, 3.8) is 0 Å². The van der Waals surface area contributed by atoms with E-state index in [9.17, 15) is 14.6 Å². The van der Waals surface area contributed by atoms with E-state index in [1.54, 1.807) is 0 Å². The van der Waals surface area contributed by atoms with Crippen molar-refractivity contribution in [1.29, 1.82) is 0 Å². The first-order chi connectivity index (χ1) is 23.9. The highest BCUT2D eigenvalue weighted by molar-refractivity contribution is 7.47. The normalized spacial score (nSPS) is 14.1. The van der Waals surface area contributed by atoms with Gasteiger partial charge in [-0.2, -0.15) is 0 Å². The lowest BCUT2D eigenvalue weighted by Crippen LogP contribution is -2.30. The fraction of sp³-hybridized carbons (Fsp3) is 0.902. The molecule has 292 valence electrons. The molecule has 0 rings (SSSR count). The van der Waals surface area contributed by atoms with Gasteiger partial charge in [-0.25, -0.2) is 4.57 Å². The molecule has 0 spiro atoms. The third-order valence-corrected chi connectivity index (χ3v) is 10.3. The summed E-state index contributed by atoms with van der Waals surface area (Å²) in [6.45, 7) is 6.19. The molecule has 0 bridgehead atoms. The third-order valence-electron chi connectivity index (χ3n) is 9.28. The second-order valence-corrected chi connectivity index (χ2v) is 15.6. The van der Waals surface area contributed by atoms with Gasteiger partial charge < -0.3 is 20.0 Å². The summed E-state index contributed by atoms with van der Waals surface area (Å²) in [5, 5.41) is 18.3. The molecule has 8 heteroatoms. The van der Waals surface area contributed by atoms with Gasteiger partial charge >= 0.3 is 7.82 Å². The summed E-state index contributed by atoms with van der Waals surface area (Å²) in [4.78, 5) is 12.3. The number of allylic oxidation sites excluding steroid dienone is 4. The Morgan fingerprint density at radius 3 is 1.24 bits per heavy atom. The van der Waals surface area contributed by atoms with E-state index < -0.39 is 27.1 Å². The zero-order chi connectivity index (χ0) is 35.9. The lowest BCUT2D eigenvalue weighted by atomic mass is 10.1. The summed E-state index contributed by atoms with van der Waals surface area (Å²) in [6.07, 6.45) is 44.5. The molecular weight excluding hydrogens is 633 g/mol. The molecule has 3 N–H and O–H groups in total. The molecule has 0 saturated heterocycles. The highest BCUT2D eigenvalue weighted by Gasteiger charge is 2.22. The van der Waals surface area contributed by atoms with E-state index in [-0.39, 0.29) is 6.61 Å². The maximum absolute atomic E-state index is 12.1. The van der Waals surface area contributed by atoms with E-state index in [2.05, 4.69) is 43.1 Å². The van der Waals surface area contributed by atoms with Crippen LogP contribution in [0, 0.1) is 0 Å². The van der Waals surface area contributed by atoms with Crippen molar-refractivity contribution >= 4 is 7.82 Å². The van der Waals surface area contributed by atoms with Gasteiger partial charge in [0.1, 0.15) is 6.10 Å². The number of hydrogen-bond acceptors (Lipinski definition) is 6. The summed E-state index contributed by atoms with van der Waals surface area (Å²) in [5.74, 6) is 0. The average Bonchev–Trinajstić information content (AvgIpc) is 3.09. The van der Waals surface area contributed by atoms with E-state index >= 15 is 0 Å². The lowest BCUT2D eigenvalue weighted by Gasteiger charge is -2.23. The van der Waals surface area contributed by atoms with Crippen LogP contribution in [0.3, 0.4) is 0 Å². The molecule has 1 unspecified atom stereocenters. The van der Waals surface area contributed by atoms with Crippen molar-refractivity contribution in [3.8, 4) is 0 Å². The fourth-order valence-electron chi connectivity index (χ4n) is 6.06. The second-order valence-electron chi connectivity index (χ2n) is 14.2. The van der Waals surface area contributed by atoms with Gasteiger partial charge in [0.25, 0.3) is 0 Å². The number of hydrogen-bond donors (Lipinski definition) is 3. The molecule has 7 nitrogen and oxygen atoms in total. The summed E-state index contributed by atoms with van der Waals surface area (Å²) in [6, 6.07) is 0. The Hall–Kier alpha value is -0.530. The summed E-state index contributed by atoms with van der Waals surface area (Å²) < 4.78 is 22.1. The molecule has 0 aromatic carbocycles. The quantitative estimate of drug-likeness (QED) is 0.0330. The minimum atomic E-state index is -4.25. The van der Waals surface area contributed by atoms with Crippen LogP contribution < -0.4 is 0 Å². The van der Waals surface area contributed by atoms with Crippen LogP contribution in [0.5, 0.6) is 0 Å². The van der Waals surface area contributed by atoms with Gasteiger partial charge in [0.2, 0.25) is 0 Å². The van der Waals surface area contributed by atoms with E-state index in [1.807, 2.05) is 0 Å². The summed E-state index contributed by atoms with van der Waals surface area (Å²) >= 11 is 0. The number of rotatable bonds is 40. The van der Waals surface area contributed by atoms with E-state index in [0.717, 1.165) is 25.9 Å². The molecule has 0 amide bonds. The monoisotopic (exact) mass is 716 g/mol. The predicted molar refractivity (Wildman–Crippen MR) is 210 cm³/mol. The Balaban J connectivity index is 4.13. The molecule has 0 aromatic rings. The number of aliphatic hydroxyl groups is 2. The smallest absolute Gasteiger partial charge is 0.394 e. The van der Waals surface area contributed by atoms with Crippen molar-refractivity contribution < 1.29 is 28.7 Å². The zero-order valence-electron chi connectivity index (χ0n) is 32.4. The molecule has 0 aliphatic heterocycles. The van der Waals surface area contributed by atoms with Crippen LogP contribution in [0.15, 0.2) is 24.3 Å². The van der Waals surface area contributed by atoms with Gasteiger partial charge in [-0.15, -0.1) is 0 Å². The third kappa shape index (κ3) is 38.5.